The lowest BCUT2D eigenvalue weighted by Crippen LogP contribution is -2.43. The van der Waals surface area contributed by atoms with Crippen molar-refractivity contribution in [2.24, 2.45) is 11.8 Å². The molecule has 1 aliphatic carbocycles. The summed E-state index contributed by atoms with van der Waals surface area (Å²) in [5.74, 6) is -1.63. The van der Waals surface area contributed by atoms with Gasteiger partial charge < -0.3 is 25.1 Å². The maximum Gasteiger partial charge on any atom is 0.490 e. The molecule has 3 atom stereocenters. The van der Waals surface area contributed by atoms with Crippen LogP contribution in [0.1, 0.15) is 25.7 Å². The predicted octanol–water partition coefficient (Wildman–Crippen LogP) is 1.12. The third kappa shape index (κ3) is 6.46. The molecule has 9 nitrogen and oxygen atoms in total. The lowest BCUT2D eigenvalue weighted by molar-refractivity contribution is -0.192. The topological polar surface area (TPSA) is 117 Å². The first-order chi connectivity index (χ1) is 14.4. The van der Waals surface area contributed by atoms with Crippen molar-refractivity contribution in [1.82, 2.24) is 20.0 Å². The van der Waals surface area contributed by atoms with Crippen LogP contribution < -0.4 is 5.32 Å². The molecular formula is C19H28F3N5O4. The summed E-state index contributed by atoms with van der Waals surface area (Å²) in [6.45, 7) is 2.69. The Kier molecular flexibility index (Phi) is 8.11. The van der Waals surface area contributed by atoms with Crippen molar-refractivity contribution in [3.05, 3.63) is 0 Å². The van der Waals surface area contributed by atoms with Crippen LogP contribution in [0.15, 0.2) is 0 Å². The molecule has 2 aliphatic heterocycles. The lowest BCUT2D eigenvalue weighted by Gasteiger charge is -2.24. The molecule has 31 heavy (non-hydrogen) atoms. The van der Waals surface area contributed by atoms with Gasteiger partial charge in [-0.25, -0.2) is 9.59 Å². The highest BCUT2D eigenvalue weighted by atomic mass is 19.4. The number of rotatable bonds is 3. The summed E-state index contributed by atoms with van der Waals surface area (Å²) in [4.78, 5) is 38.5. The Labute approximate surface area is 178 Å². The van der Waals surface area contributed by atoms with Crippen LogP contribution in [0.5, 0.6) is 0 Å². The van der Waals surface area contributed by atoms with Gasteiger partial charge in [0.05, 0.1) is 12.6 Å². The molecule has 174 valence electrons. The number of carboxylic acids is 1. The highest BCUT2D eigenvalue weighted by molar-refractivity contribution is 5.79. The standard InChI is InChI=1S/C17H27N5O2.C2HF3O2/c1-20(2)17(24)21-10-12-6-14(7-13(12)11-21)19-9-16(23)22-5-3-4-15(22)8-18;3-2(4,5)1(6)7/h12-15,19H,3-7,9-11H2,1-2H3;(H,6,7)/t12-,13-,15-;/m0./s1. The molecule has 2 saturated heterocycles. The second-order valence-corrected chi connectivity index (χ2v) is 8.33. The van der Waals surface area contributed by atoms with Gasteiger partial charge in [-0.15, -0.1) is 0 Å². The highest BCUT2D eigenvalue weighted by Crippen LogP contribution is 2.38. The van der Waals surface area contributed by atoms with E-state index in [0.29, 0.717) is 31.0 Å². The minimum atomic E-state index is -5.08. The van der Waals surface area contributed by atoms with E-state index in [9.17, 15) is 22.8 Å². The van der Waals surface area contributed by atoms with Gasteiger partial charge >= 0.3 is 18.2 Å². The van der Waals surface area contributed by atoms with Crippen molar-refractivity contribution in [3.63, 3.8) is 0 Å². The van der Waals surface area contributed by atoms with Crippen LogP contribution in [-0.2, 0) is 9.59 Å². The smallest absolute Gasteiger partial charge is 0.475 e. The molecule has 1 saturated carbocycles. The van der Waals surface area contributed by atoms with Crippen LogP contribution in [0.3, 0.4) is 0 Å². The van der Waals surface area contributed by atoms with Crippen molar-refractivity contribution in [3.8, 4) is 6.07 Å². The SMILES string of the molecule is CN(C)C(=O)N1C[C@@H]2CC(NCC(=O)N3CCC[C@H]3C#N)C[C@H]2C1.O=C(O)C(F)(F)F. The zero-order chi connectivity index (χ0) is 23.3. The van der Waals surface area contributed by atoms with Crippen LogP contribution in [0.2, 0.25) is 0 Å². The normalized spacial score (nSPS) is 25.5. The second-order valence-electron chi connectivity index (χ2n) is 8.33. The number of nitriles is 1. The van der Waals surface area contributed by atoms with Crippen molar-refractivity contribution >= 4 is 17.9 Å². The predicted molar refractivity (Wildman–Crippen MR) is 103 cm³/mol. The van der Waals surface area contributed by atoms with Gasteiger partial charge in [0, 0.05) is 39.8 Å². The number of urea groups is 1. The summed E-state index contributed by atoms with van der Waals surface area (Å²) >= 11 is 0. The van der Waals surface area contributed by atoms with E-state index in [2.05, 4.69) is 11.4 Å². The molecular weight excluding hydrogens is 419 g/mol. The number of fused-ring (bicyclic) bond motifs is 1. The summed E-state index contributed by atoms with van der Waals surface area (Å²) < 4.78 is 31.7. The van der Waals surface area contributed by atoms with E-state index in [1.54, 1.807) is 23.9 Å². The van der Waals surface area contributed by atoms with Crippen LogP contribution >= 0.6 is 0 Å². The van der Waals surface area contributed by atoms with Gasteiger partial charge in [-0.1, -0.05) is 0 Å². The maximum atomic E-state index is 12.3. The third-order valence-corrected chi connectivity index (χ3v) is 5.91. The maximum absolute atomic E-state index is 12.3. The fourth-order valence-corrected chi connectivity index (χ4v) is 4.44. The number of carboxylic acid groups (broad SMARTS) is 1. The fraction of sp³-hybridized carbons (Fsp3) is 0.789. The van der Waals surface area contributed by atoms with Crippen LogP contribution in [-0.4, -0.2) is 96.2 Å². The first-order valence-corrected chi connectivity index (χ1v) is 10.1. The molecule has 0 aromatic rings. The highest BCUT2D eigenvalue weighted by Gasteiger charge is 2.43. The van der Waals surface area contributed by atoms with Gasteiger partial charge in [0.25, 0.3) is 0 Å². The quantitative estimate of drug-likeness (QED) is 0.670. The van der Waals surface area contributed by atoms with E-state index in [-0.39, 0.29) is 18.0 Å². The molecule has 3 amide bonds. The molecule has 0 bridgehead atoms. The number of hydrogen-bond donors (Lipinski definition) is 2. The number of amides is 3. The molecule has 3 fully saturated rings. The van der Waals surface area contributed by atoms with Crippen molar-refractivity contribution in [2.45, 2.75) is 43.9 Å². The van der Waals surface area contributed by atoms with Gasteiger partial charge in [-0.2, -0.15) is 18.4 Å². The van der Waals surface area contributed by atoms with E-state index in [1.807, 2.05) is 4.90 Å². The van der Waals surface area contributed by atoms with Gasteiger partial charge in [0.2, 0.25) is 5.91 Å². The first-order valence-electron chi connectivity index (χ1n) is 10.1. The number of hydrogen-bond acceptors (Lipinski definition) is 5. The van der Waals surface area contributed by atoms with Crippen LogP contribution in [0, 0.1) is 23.2 Å². The van der Waals surface area contributed by atoms with Crippen molar-refractivity contribution in [1.29, 1.82) is 5.26 Å². The minimum Gasteiger partial charge on any atom is -0.475 e. The summed E-state index contributed by atoms with van der Waals surface area (Å²) in [5, 5.41) is 19.6. The molecule has 3 aliphatic rings. The Morgan fingerprint density at radius 1 is 1.19 bits per heavy atom. The largest absolute Gasteiger partial charge is 0.490 e. The number of alkyl halides is 3. The number of halogens is 3. The molecule has 0 unspecified atom stereocenters. The van der Waals surface area contributed by atoms with E-state index in [1.165, 1.54) is 0 Å². The number of carbonyl (C=O) groups is 3. The van der Waals surface area contributed by atoms with E-state index >= 15 is 0 Å². The van der Waals surface area contributed by atoms with Gasteiger partial charge in [-0.05, 0) is 37.5 Å². The zero-order valence-electron chi connectivity index (χ0n) is 17.6. The van der Waals surface area contributed by atoms with Crippen LogP contribution in [0.4, 0.5) is 18.0 Å². The Hall–Kier alpha value is -2.55. The number of nitrogens with zero attached hydrogens (tertiary/aromatic N) is 4. The number of likely N-dealkylation sites (tertiary alicyclic amines) is 2. The van der Waals surface area contributed by atoms with Crippen molar-refractivity contribution < 1.29 is 32.7 Å². The number of aliphatic carboxylic acids is 1. The molecule has 0 aromatic carbocycles. The molecule has 3 rings (SSSR count). The average molecular weight is 447 g/mol. The summed E-state index contributed by atoms with van der Waals surface area (Å²) in [6, 6.07) is 2.42. The summed E-state index contributed by atoms with van der Waals surface area (Å²) in [7, 11) is 3.58. The summed E-state index contributed by atoms with van der Waals surface area (Å²) in [6.07, 6.45) is -1.31. The molecule has 12 heteroatoms. The summed E-state index contributed by atoms with van der Waals surface area (Å²) in [5.41, 5.74) is 0. The second kappa shape index (κ2) is 10.2. The fourth-order valence-electron chi connectivity index (χ4n) is 4.44. The van der Waals surface area contributed by atoms with Crippen LogP contribution in [0.25, 0.3) is 0 Å². The molecule has 2 heterocycles. The Balaban J connectivity index is 0.000000423. The van der Waals surface area contributed by atoms with Gasteiger partial charge in [0.1, 0.15) is 6.04 Å². The molecule has 2 N–H and O–H groups in total. The van der Waals surface area contributed by atoms with Crippen molar-refractivity contribution in [2.75, 3.05) is 40.3 Å². The minimum absolute atomic E-state index is 0.0421. The van der Waals surface area contributed by atoms with E-state index in [0.717, 1.165) is 38.8 Å². The monoisotopic (exact) mass is 447 g/mol. The Morgan fingerprint density at radius 3 is 2.19 bits per heavy atom. The Morgan fingerprint density at radius 2 is 1.74 bits per heavy atom. The zero-order valence-corrected chi connectivity index (χ0v) is 17.6. The first kappa shape index (κ1) is 24.7. The van der Waals surface area contributed by atoms with Gasteiger partial charge in [0.15, 0.2) is 0 Å². The van der Waals surface area contributed by atoms with E-state index in [4.69, 9.17) is 15.2 Å². The average Bonchev–Trinajstić information content (AvgIpc) is 3.39. The van der Waals surface area contributed by atoms with E-state index < -0.39 is 12.1 Å². The molecule has 0 spiro atoms. The van der Waals surface area contributed by atoms with Gasteiger partial charge in [-0.3, -0.25) is 4.79 Å². The lowest BCUT2D eigenvalue weighted by atomic mass is 10.0. The number of nitrogens with one attached hydrogen (secondary N) is 1. The Bertz CT molecular complexity index is 710. The molecule has 0 radical (unpaired) electrons. The number of carbonyl (C=O) groups excluding carboxylic acids is 2. The molecule has 0 aromatic heterocycles. The third-order valence-electron chi connectivity index (χ3n) is 5.91.